The van der Waals surface area contributed by atoms with E-state index in [1.165, 1.54) is 0 Å². The monoisotopic (exact) mass is 248 g/mol. The van der Waals surface area contributed by atoms with E-state index in [1.54, 1.807) is 13.2 Å². The number of benzene rings is 2. The molecule has 0 amide bonds. The summed E-state index contributed by atoms with van der Waals surface area (Å²) in [4.78, 5) is 0. The molecule has 0 unspecified atom stereocenters. The highest BCUT2D eigenvalue weighted by atomic mass is 35.5. The minimum Gasteiger partial charge on any atom is -0.497 e. The molecule has 0 aliphatic heterocycles. The van der Waals surface area contributed by atoms with Crippen LogP contribution in [0.4, 0.5) is 17.1 Å². The third kappa shape index (κ3) is 2.63. The zero-order valence-electron chi connectivity index (χ0n) is 9.41. The summed E-state index contributed by atoms with van der Waals surface area (Å²) in [7, 11) is 1.63. The maximum Gasteiger partial charge on any atom is 0.120 e. The van der Waals surface area contributed by atoms with Gasteiger partial charge in [-0.15, -0.1) is 0 Å². The van der Waals surface area contributed by atoms with Crippen molar-refractivity contribution in [1.82, 2.24) is 0 Å². The Morgan fingerprint density at radius 2 is 1.94 bits per heavy atom. The first-order valence-corrected chi connectivity index (χ1v) is 5.53. The fourth-order valence-electron chi connectivity index (χ4n) is 1.50. The SMILES string of the molecule is COc1cccc(Nc2cccc(Cl)c2N)c1. The minimum absolute atomic E-state index is 0.539. The van der Waals surface area contributed by atoms with Gasteiger partial charge in [0.25, 0.3) is 0 Å². The molecule has 0 saturated carbocycles. The summed E-state index contributed by atoms with van der Waals surface area (Å²) in [6, 6.07) is 13.1. The van der Waals surface area contributed by atoms with Gasteiger partial charge in [0.05, 0.1) is 23.5 Å². The van der Waals surface area contributed by atoms with E-state index in [9.17, 15) is 0 Å². The summed E-state index contributed by atoms with van der Waals surface area (Å²) >= 11 is 5.95. The van der Waals surface area contributed by atoms with Gasteiger partial charge in [0.1, 0.15) is 5.75 Å². The van der Waals surface area contributed by atoms with Crippen LogP contribution in [0.15, 0.2) is 42.5 Å². The molecule has 17 heavy (non-hydrogen) atoms. The molecule has 88 valence electrons. The van der Waals surface area contributed by atoms with Crippen molar-refractivity contribution in [3.05, 3.63) is 47.5 Å². The van der Waals surface area contributed by atoms with Crippen molar-refractivity contribution in [3.8, 4) is 5.75 Å². The van der Waals surface area contributed by atoms with Crippen LogP contribution < -0.4 is 15.8 Å². The smallest absolute Gasteiger partial charge is 0.120 e. The summed E-state index contributed by atoms with van der Waals surface area (Å²) in [5.74, 6) is 0.788. The summed E-state index contributed by atoms with van der Waals surface area (Å²) in [5.41, 5.74) is 8.10. The van der Waals surface area contributed by atoms with Crippen LogP contribution in [0.5, 0.6) is 5.75 Å². The van der Waals surface area contributed by atoms with Crippen molar-refractivity contribution in [1.29, 1.82) is 0 Å². The number of ether oxygens (including phenoxy) is 1. The maximum absolute atomic E-state index is 5.95. The fourth-order valence-corrected chi connectivity index (χ4v) is 1.68. The quantitative estimate of drug-likeness (QED) is 0.815. The van der Waals surface area contributed by atoms with Gasteiger partial charge in [-0.3, -0.25) is 0 Å². The normalized spacial score (nSPS) is 10.0. The minimum atomic E-state index is 0.539. The Balaban J connectivity index is 2.28. The van der Waals surface area contributed by atoms with Gasteiger partial charge >= 0.3 is 0 Å². The molecule has 0 heterocycles. The number of hydrogen-bond donors (Lipinski definition) is 2. The molecule has 2 aromatic carbocycles. The molecule has 0 spiro atoms. The average Bonchev–Trinajstić information content (AvgIpc) is 2.35. The lowest BCUT2D eigenvalue weighted by atomic mass is 10.2. The molecule has 0 aromatic heterocycles. The Morgan fingerprint density at radius 3 is 2.71 bits per heavy atom. The number of halogens is 1. The third-order valence-electron chi connectivity index (χ3n) is 2.40. The molecule has 0 atom stereocenters. The second kappa shape index (κ2) is 4.97. The topological polar surface area (TPSA) is 47.3 Å². The Kier molecular flexibility index (Phi) is 3.40. The van der Waals surface area contributed by atoms with Crippen molar-refractivity contribution in [3.63, 3.8) is 0 Å². The van der Waals surface area contributed by atoms with Gasteiger partial charge in [0.15, 0.2) is 0 Å². The number of rotatable bonds is 3. The molecule has 4 heteroatoms. The number of nitrogen functional groups attached to an aromatic ring is 1. The highest BCUT2D eigenvalue weighted by Crippen LogP contribution is 2.30. The second-order valence-corrected chi connectivity index (χ2v) is 3.97. The van der Waals surface area contributed by atoms with Crippen LogP contribution in [0, 0.1) is 0 Å². The molecule has 0 fully saturated rings. The van der Waals surface area contributed by atoms with Crippen LogP contribution >= 0.6 is 11.6 Å². The molecule has 2 aromatic rings. The van der Waals surface area contributed by atoms with E-state index in [2.05, 4.69) is 5.32 Å². The zero-order chi connectivity index (χ0) is 12.3. The van der Waals surface area contributed by atoms with Gasteiger partial charge in [-0.2, -0.15) is 0 Å². The zero-order valence-corrected chi connectivity index (χ0v) is 10.2. The molecular weight excluding hydrogens is 236 g/mol. The number of hydrogen-bond acceptors (Lipinski definition) is 3. The molecule has 0 bridgehead atoms. The molecule has 2 rings (SSSR count). The van der Waals surface area contributed by atoms with Crippen LogP contribution in [0.3, 0.4) is 0 Å². The number of anilines is 3. The Bertz CT molecular complexity index is 529. The van der Waals surface area contributed by atoms with Crippen LogP contribution in [-0.2, 0) is 0 Å². The summed E-state index contributed by atoms with van der Waals surface area (Å²) < 4.78 is 5.15. The van der Waals surface area contributed by atoms with E-state index < -0.39 is 0 Å². The van der Waals surface area contributed by atoms with Gasteiger partial charge in [-0.05, 0) is 24.3 Å². The molecule has 0 aliphatic rings. The summed E-state index contributed by atoms with van der Waals surface area (Å²) in [6.45, 7) is 0. The van der Waals surface area contributed by atoms with E-state index in [1.807, 2.05) is 36.4 Å². The summed E-state index contributed by atoms with van der Waals surface area (Å²) in [6.07, 6.45) is 0. The fraction of sp³-hybridized carbons (Fsp3) is 0.0769. The second-order valence-electron chi connectivity index (χ2n) is 3.56. The standard InChI is InChI=1S/C13H13ClN2O/c1-17-10-5-2-4-9(8-10)16-12-7-3-6-11(14)13(12)15/h2-8,16H,15H2,1H3. The molecule has 0 saturated heterocycles. The Labute approximate surface area is 105 Å². The Morgan fingerprint density at radius 1 is 1.18 bits per heavy atom. The van der Waals surface area contributed by atoms with Gasteiger partial charge in [-0.1, -0.05) is 23.7 Å². The highest BCUT2D eigenvalue weighted by Gasteiger charge is 2.03. The van der Waals surface area contributed by atoms with Crippen molar-refractivity contribution in [2.75, 3.05) is 18.2 Å². The molecule has 3 nitrogen and oxygen atoms in total. The number of nitrogens with two attached hydrogens (primary N) is 1. The van der Waals surface area contributed by atoms with Gasteiger partial charge < -0.3 is 15.8 Å². The van der Waals surface area contributed by atoms with Crippen molar-refractivity contribution < 1.29 is 4.74 Å². The first kappa shape index (κ1) is 11.6. The van der Waals surface area contributed by atoms with E-state index >= 15 is 0 Å². The number of nitrogens with one attached hydrogen (secondary N) is 1. The predicted molar refractivity (Wildman–Crippen MR) is 72.1 cm³/mol. The summed E-state index contributed by atoms with van der Waals surface area (Å²) in [5, 5.41) is 3.74. The molecule has 3 N–H and O–H groups in total. The van der Waals surface area contributed by atoms with Crippen molar-refractivity contribution in [2.24, 2.45) is 0 Å². The first-order valence-electron chi connectivity index (χ1n) is 5.16. The van der Waals surface area contributed by atoms with Crippen LogP contribution in [0.2, 0.25) is 5.02 Å². The molecule has 0 radical (unpaired) electrons. The van der Waals surface area contributed by atoms with Crippen LogP contribution in [0.25, 0.3) is 0 Å². The van der Waals surface area contributed by atoms with E-state index in [0.717, 1.165) is 17.1 Å². The largest absolute Gasteiger partial charge is 0.497 e. The van der Waals surface area contributed by atoms with Crippen molar-refractivity contribution >= 4 is 28.7 Å². The lowest BCUT2D eigenvalue weighted by molar-refractivity contribution is 0.415. The highest BCUT2D eigenvalue weighted by molar-refractivity contribution is 6.33. The maximum atomic E-state index is 5.95. The predicted octanol–water partition coefficient (Wildman–Crippen LogP) is 3.67. The lowest BCUT2D eigenvalue weighted by Crippen LogP contribution is -1.97. The van der Waals surface area contributed by atoms with Gasteiger partial charge in [-0.25, -0.2) is 0 Å². The van der Waals surface area contributed by atoms with E-state index in [4.69, 9.17) is 22.1 Å². The van der Waals surface area contributed by atoms with Gasteiger partial charge in [0.2, 0.25) is 0 Å². The molecule has 0 aliphatic carbocycles. The number of methoxy groups -OCH3 is 1. The lowest BCUT2D eigenvalue weighted by Gasteiger charge is -2.11. The van der Waals surface area contributed by atoms with Gasteiger partial charge in [0, 0.05) is 11.8 Å². The van der Waals surface area contributed by atoms with Crippen LogP contribution in [0.1, 0.15) is 0 Å². The first-order chi connectivity index (χ1) is 8.20. The van der Waals surface area contributed by atoms with E-state index in [-0.39, 0.29) is 0 Å². The van der Waals surface area contributed by atoms with Crippen LogP contribution in [-0.4, -0.2) is 7.11 Å². The van der Waals surface area contributed by atoms with E-state index in [0.29, 0.717) is 10.7 Å². The molecular formula is C13H13ClN2O. The Hall–Kier alpha value is -1.87. The average molecular weight is 249 g/mol. The number of para-hydroxylation sites is 1. The third-order valence-corrected chi connectivity index (χ3v) is 2.73. The van der Waals surface area contributed by atoms with Crippen molar-refractivity contribution in [2.45, 2.75) is 0 Å².